The Balaban J connectivity index is 2.26. The van der Waals surface area contributed by atoms with Gasteiger partial charge in [-0.2, -0.15) is 5.26 Å². The van der Waals surface area contributed by atoms with Crippen molar-refractivity contribution >= 4 is 5.82 Å². The molecule has 5 nitrogen and oxygen atoms in total. The maximum Gasteiger partial charge on any atom is 0.213 e. The van der Waals surface area contributed by atoms with E-state index >= 15 is 0 Å². The highest BCUT2D eigenvalue weighted by Gasteiger charge is 2.02. The summed E-state index contributed by atoms with van der Waals surface area (Å²) in [5, 5.41) is 8.76. The van der Waals surface area contributed by atoms with Crippen molar-refractivity contribution in [3.05, 3.63) is 42.1 Å². The second-order valence-corrected chi connectivity index (χ2v) is 3.04. The summed E-state index contributed by atoms with van der Waals surface area (Å²) in [4.78, 5) is 8.04. The molecule has 0 spiro atoms. The summed E-state index contributed by atoms with van der Waals surface area (Å²) in [5.74, 6) is 0.852. The highest BCUT2D eigenvalue weighted by molar-refractivity contribution is 5.29. The zero-order valence-corrected chi connectivity index (χ0v) is 7.96. The van der Waals surface area contributed by atoms with Crippen molar-refractivity contribution < 1.29 is 0 Å². The van der Waals surface area contributed by atoms with Crippen LogP contribution in [0.3, 0.4) is 0 Å². The van der Waals surface area contributed by atoms with Crippen LogP contribution in [0.1, 0.15) is 11.5 Å². The third-order valence-corrected chi connectivity index (χ3v) is 1.98. The molecule has 0 saturated heterocycles. The molecule has 0 aliphatic heterocycles. The van der Waals surface area contributed by atoms with Crippen LogP contribution in [-0.4, -0.2) is 14.5 Å². The number of hydrogen-bond donors (Lipinski definition) is 1. The van der Waals surface area contributed by atoms with E-state index in [1.807, 2.05) is 18.2 Å². The number of nitrogen functional groups attached to an aromatic ring is 1. The summed E-state index contributed by atoms with van der Waals surface area (Å²) in [6.07, 6.45) is 3.33. The SMILES string of the molecule is N#Cc1nccn1Cc1cccc(N)n1. The fraction of sp³-hybridized carbons (Fsp3) is 0.100. The summed E-state index contributed by atoms with van der Waals surface area (Å²) in [6, 6.07) is 7.42. The lowest BCUT2D eigenvalue weighted by molar-refractivity contribution is 0.761. The molecule has 0 aliphatic rings. The second-order valence-electron chi connectivity index (χ2n) is 3.04. The van der Waals surface area contributed by atoms with Crippen LogP contribution in [0.15, 0.2) is 30.6 Å². The van der Waals surface area contributed by atoms with Gasteiger partial charge < -0.3 is 10.3 Å². The average molecular weight is 199 g/mol. The van der Waals surface area contributed by atoms with E-state index in [0.29, 0.717) is 18.2 Å². The van der Waals surface area contributed by atoms with E-state index in [-0.39, 0.29) is 0 Å². The molecule has 2 N–H and O–H groups in total. The number of imidazole rings is 1. The van der Waals surface area contributed by atoms with Gasteiger partial charge in [-0.1, -0.05) is 6.07 Å². The molecule has 0 aliphatic carbocycles. The Labute approximate surface area is 86.8 Å². The third-order valence-electron chi connectivity index (χ3n) is 1.98. The van der Waals surface area contributed by atoms with Crippen molar-refractivity contribution in [3.8, 4) is 6.07 Å². The van der Waals surface area contributed by atoms with E-state index in [9.17, 15) is 0 Å². The van der Waals surface area contributed by atoms with Gasteiger partial charge in [-0.15, -0.1) is 0 Å². The Morgan fingerprint density at radius 1 is 1.47 bits per heavy atom. The molecular weight excluding hydrogens is 190 g/mol. The van der Waals surface area contributed by atoms with Crippen LogP contribution in [0.5, 0.6) is 0 Å². The van der Waals surface area contributed by atoms with Crippen molar-refractivity contribution in [1.82, 2.24) is 14.5 Å². The molecule has 15 heavy (non-hydrogen) atoms. The topological polar surface area (TPSA) is 80.5 Å². The number of nitrogens with two attached hydrogens (primary N) is 1. The van der Waals surface area contributed by atoms with Gasteiger partial charge in [-0.05, 0) is 12.1 Å². The first-order valence-electron chi connectivity index (χ1n) is 4.42. The zero-order valence-electron chi connectivity index (χ0n) is 7.96. The van der Waals surface area contributed by atoms with Crippen molar-refractivity contribution in [1.29, 1.82) is 5.26 Å². The van der Waals surface area contributed by atoms with Gasteiger partial charge in [0, 0.05) is 12.4 Å². The molecule has 2 heterocycles. The number of anilines is 1. The number of nitriles is 1. The largest absolute Gasteiger partial charge is 0.384 e. The first kappa shape index (κ1) is 9.21. The fourth-order valence-corrected chi connectivity index (χ4v) is 1.31. The molecule has 2 aromatic rings. The van der Waals surface area contributed by atoms with Crippen LogP contribution in [0.4, 0.5) is 5.82 Å². The van der Waals surface area contributed by atoms with Gasteiger partial charge in [0.15, 0.2) is 0 Å². The number of hydrogen-bond acceptors (Lipinski definition) is 4. The molecule has 0 amide bonds. The van der Waals surface area contributed by atoms with Gasteiger partial charge in [0.25, 0.3) is 0 Å². The smallest absolute Gasteiger partial charge is 0.213 e. The van der Waals surface area contributed by atoms with Crippen LogP contribution < -0.4 is 5.73 Å². The Bertz CT molecular complexity index is 509. The molecule has 0 saturated carbocycles. The standard InChI is InChI=1S/C10H9N5/c11-6-10-13-4-5-15(10)7-8-2-1-3-9(12)14-8/h1-5H,7H2,(H2,12,14). The van der Waals surface area contributed by atoms with Gasteiger partial charge in [0.05, 0.1) is 12.2 Å². The lowest BCUT2D eigenvalue weighted by atomic mass is 10.3. The maximum atomic E-state index is 8.76. The molecule has 0 unspecified atom stereocenters. The lowest BCUT2D eigenvalue weighted by Gasteiger charge is -2.03. The minimum Gasteiger partial charge on any atom is -0.384 e. The molecule has 0 radical (unpaired) electrons. The fourth-order valence-electron chi connectivity index (χ4n) is 1.31. The molecule has 5 heteroatoms. The molecule has 0 fully saturated rings. The molecular formula is C10H9N5. The Hall–Kier alpha value is -2.35. The lowest BCUT2D eigenvalue weighted by Crippen LogP contribution is -2.04. The predicted octanol–water partition coefficient (Wildman–Crippen LogP) is 0.780. The minimum atomic E-state index is 0.374. The van der Waals surface area contributed by atoms with Gasteiger partial charge in [-0.25, -0.2) is 9.97 Å². The highest BCUT2D eigenvalue weighted by atomic mass is 15.1. The predicted molar refractivity (Wildman–Crippen MR) is 54.7 cm³/mol. The molecule has 0 aromatic carbocycles. The van der Waals surface area contributed by atoms with Crippen molar-refractivity contribution in [2.75, 3.05) is 5.73 Å². The third kappa shape index (κ3) is 1.94. The molecule has 2 aromatic heterocycles. The van der Waals surface area contributed by atoms with Gasteiger partial charge in [-0.3, -0.25) is 0 Å². The number of nitrogens with zero attached hydrogens (tertiary/aromatic N) is 4. The van der Waals surface area contributed by atoms with Gasteiger partial charge in [0.2, 0.25) is 5.82 Å². The number of rotatable bonds is 2. The molecule has 2 rings (SSSR count). The van der Waals surface area contributed by atoms with Crippen molar-refractivity contribution in [2.45, 2.75) is 6.54 Å². The van der Waals surface area contributed by atoms with E-state index in [1.165, 1.54) is 0 Å². The van der Waals surface area contributed by atoms with E-state index in [2.05, 4.69) is 9.97 Å². The van der Waals surface area contributed by atoms with Crippen LogP contribution in [-0.2, 0) is 6.54 Å². The highest BCUT2D eigenvalue weighted by Crippen LogP contribution is 2.04. The van der Waals surface area contributed by atoms with Gasteiger partial charge in [0.1, 0.15) is 11.9 Å². The molecule has 0 atom stereocenters. The first-order chi connectivity index (χ1) is 7.29. The van der Waals surface area contributed by atoms with Crippen molar-refractivity contribution in [2.24, 2.45) is 0 Å². The number of pyridine rings is 1. The Morgan fingerprint density at radius 2 is 2.33 bits per heavy atom. The average Bonchev–Trinajstić information content (AvgIpc) is 2.65. The summed E-state index contributed by atoms with van der Waals surface area (Å²) in [6.45, 7) is 0.508. The first-order valence-corrected chi connectivity index (χ1v) is 4.42. The van der Waals surface area contributed by atoms with Crippen molar-refractivity contribution in [3.63, 3.8) is 0 Å². The van der Waals surface area contributed by atoms with Crippen LogP contribution in [0, 0.1) is 11.3 Å². The summed E-state index contributed by atoms with van der Waals surface area (Å²) < 4.78 is 1.72. The number of aromatic nitrogens is 3. The van der Waals surface area contributed by atoms with Crippen LogP contribution >= 0.6 is 0 Å². The molecule has 74 valence electrons. The Morgan fingerprint density at radius 3 is 3.07 bits per heavy atom. The monoisotopic (exact) mass is 199 g/mol. The van der Waals surface area contributed by atoms with Gasteiger partial charge >= 0.3 is 0 Å². The van der Waals surface area contributed by atoms with E-state index in [4.69, 9.17) is 11.0 Å². The maximum absolute atomic E-state index is 8.76. The minimum absolute atomic E-state index is 0.374. The summed E-state index contributed by atoms with van der Waals surface area (Å²) in [5.41, 5.74) is 6.37. The van der Waals surface area contributed by atoms with Crippen LogP contribution in [0.2, 0.25) is 0 Å². The zero-order chi connectivity index (χ0) is 10.7. The summed E-state index contributed by atoms with van der Waals surface area (Å²) in [7, 11) is 0. The Kier molecular flexibility index (Phi) is 2.33. The summed E-state index contributed by atoms with van der Waals surface area (Å²) >= 11 is 0. The van der Waals surface area contributed by atoms with Crippen LogP contribution in [0.25, 0.3) is 0 Å². The second kappa shape index (κ2) is 3.80. The van der Waals surface area contributed by atoms with E-state index in [1.54, 1.807) is 23.0 Å². The quantitative estimate of drug-likeness (QED) is 0.775. The van der Waals surface area contributed by atoms with E-state index in [0.717, 1.165) is 5.69 Å². The molecule has 0 bridgehead atoms. The van der Waals surface area contributed by atoms with E-state index < -0.39 is 0 Å². The normalized spacial score (nSPS) is 9.80.